The topological polar surface area (TPSA) is 77.9 Å². The van der Waals surface area contributed by atoms with Crippen molar-refractivity contribution in [1.82, 2.24) is 8.61 Å². The number of hydrogen-bond donors (Lipinski definition) is 1. The highest BCUT2D eigenvalue weighted by molar-refractivity contribution is 7.86. The fourth-order valence-electron chi connectivity index (χ4n) is 1.34. The van der Waals surface area contributed by atoms with Gasteiger partial charge in [0.2, 0.25) is 0 Å². The van der Waals surface area contributed by atoms with E-state index in [1.165, 1.54) is 11.4 Å². The monoisotopic (exact) mass is 266 g/mol. The lowest BCUT2D eigenvalue weighted by atomic mass is 10.3. The molecule has 0 heterocycles. The van der Waals surface area contributed by atoms with E-state index < -0.39 is 16.2 Å². The van der Waals surface area contributed by atoms with Crippen LogP contribution in [0.3, 0.4) is 0 Å². The van der Waals surface area contributed by atoms with E-state index in [1.54, 1.807) is 6.92 Å². The highest BCUT2D eigenvalue weighted by atomic mass is 32.2. The number of carboxylic acid groups (broad SMARTS) is 1. The van der Waals surface area contributed by atoms with Crippen molar-refractivity contribution in [3.8, 4) is 0 Å². The molecule has 0 aliphatic heterocycles. The predicted molar refractivity (Wildman–Crippen MR) is 66.0 cm³/mol. The van der Waals surface area contributed by atoms with Gasteiger partial charge in [0.25, 0.3) is 10.2 Å². The molecule has 7 heteroatoms. The summed E-state index contributed by atoms with van der Waals surface area (Å²) >= 11 is 0. The van der Waals surface area contributed by atoms with Crippen LogP contribution in [0.5, 0.6) is 0 Å². The summed E-state index contributed by atoms with van der Waals surface area (Å²) in [6.45, 7) is 4.65. The van der Waals surface area contributed by atoms with Crippen molar-refractivity contribution in [2.75, 3.05) is 26.7 Å². The molecule has 1 N–H and O–H groups in total. The van der Waals surface area contributed by atoms with E-state index in [2.05, 4.69) is 0 Å². The van der Waals surface area contributed by atoms with Gasteiger partial charge in [0, 0.05) is 26.7 Å². The zero-order chi connectivity index (χ0) is 13.5. The summed E-state index contributed by atoms with van der Waals surface area (Å²) in [7, 11) is -2.11. The summed E-state index contributed by atoms with van der Waals surface area (Å²) in [6.07, 6.45) is 1.55. The van der Waals surface area contributed by atoms with Crippen LogP contribution < -0.4 is 0 Å². The molecule has 0 bridgehead atoms. The molecular formula is C10H22N2O4S. The Labute approximate surface area is 103 Å². The summed E-state index contributed by atoms with van der Waals surface area (Å²) in [5.41, 5.74) is 0. The van der Waals surface area contributed by atoms with Crippen LogP contribution in [-0.2, 0) is 15.0 Å². The molecule has 0 aromatic carbocycles. The lowest BCUT2D eigenvalue weighted by molar-refractivity contribution is -0.137. The third-order valence-electron chi connectivity index (χ3n) is 2.47. The van der Waals surface area contributed by atoms with Crippen molar-refractivity contribution >= 4 is 16.2 Å². The third kappa shape index (κ3) is 5.47. The van der Waals surface area contributed by atoms with Crippen LogP contribution in [-0.4, -0.2) is 54.8 Å². The minimum absolute atomic E-state index is 0.000289. The quantitative estimate of drug-likeness (QED) is 0.668. The van der Waals surface area contributed by atoms with Crippen LogP contribution in [0.2, 0.25) is 0 Å². The molecule has 0 amide bonds. The van der Waals surface area contributed by atoms with E-state index in [1.807, 2.05) is 6.92 Å². The van der Waals surface area contributed by atoms with Crippen LogP contribution >= 0.6 is 0 Å². The lowest BCUT2D eigenvalue weighted by Crippen LogP contribution is -2.43. The molecule has 0 saturated carbocycles. The molecule has 0 aromatic heterocycles. The smallest absolute Gasteiger partial charge is 0.304 e. The highest BCUT2D eigenvalue weighted by Gasteiger charge is 2.25. The second-order valence-electron chi connectivity index (χ2n) is 3.82. The summed E-state index contributed by atoms with van der Waals surface area (Å²) in [5, 5.41) is 8.53. The average molecular weight is 266 g/mol. The number of unbranched alkanes of at least 4 members (excludes halogenated alkanes) is 1. The van der Waals surface area contributed by atoms with Crippen molar-refractivity contribution in [2.24, 2.45) is 0 Å². The van der Waals surface area contributed by atoms with E-state index in [0.29, 0.717) is 13.1 Å². The maximum Gasteiger partial charge on any atom is 0.304 e. The Bertz CT molecular complexity index is 329. The van der Waals surface area contributed by atoms with Gasteiger partial charge in [0.1, 0.15) is 0 Å². The number of hydrogen-bond acceptors (Lipinski definition) is 3. The first kappa shape index (κ1) is 16.3. The summed E-state index contributed by atoms with van der Waals surface area (Å²) in [4.78, 5) is 10.4. The van der Waals surface area contributed by atoms with Crippen molar-refractivity contribution in [1.29, 1.82) is 0 Å². The molecule has 6 nitrogen and oxygen atoms in total. The Kier molecular flexibility index (Phi) is 7.33. The van der Waals surface area contributed by atoms with E-state index in [4.69, 9.17) is 5.11 Å². The lowest BCUT2D eigenvalue weighted by Gasteiger charge is -2.26. The van der Waals surface area contributed by atoms with Gasteiger partial charge >= 0.3 is 5.97 Å². The Morgan fingerprint density at radius 2 is 1.82 bits per heavy atom. The summed E-state index contributed by atoms with van der Waals surface area (Å²) in [5.74, 6) is -0.997. The Morgan fingerprint density at radius 3 is 2.24 bits per heavy atom. The van der Waals surface area contributed by atoms with E-state index in [-0.39, 0.29) is 13.0 Å². The van der Waals surface area contributed by atoms with Gasteiger partial charge in [0.15, 0.2) is 0 Å². The van der Waals surface area contributed by atoms with Gasteiger partial charge in [-0.15, -0.1) is 0 Å². The Balaban J connectivity index is 4.54. The van der Waals surface area contributed by atoms with Crippen LogP contribution in [0.15, 0.2) is 0 Å². The van der Waals surface area contributed by atoms with E-state index >= 15 is 0 Å². The second kappa shape index (κ2) is 7.62. The molecule has 102 valence electrons. The molecule has 0 atom stereocenters. The molecule has 0 fully saturated rings. The summed E-state index contributed by atoms with van der Waals surface area (Å²) in [6, 6.07) is 0. The molecule has 17 heavy (non-hydrogen) atoms. The standard InChI is InChI=1S/C10H22N2O4S/c1-4-6-8-12(5-2)17(15,16)11(3)9-7-10(13)14/h4-9H2,1-3H3,(H,13,14). The summed E-state index contributed by atoms with van der Waals surface area (Å²) < 4.78 is 26.5. The SMILES string of the molecule is CCCCN(CC)S(=O)(=O)N(C)CCC(=O)O. The van der Waals surface area contributed by atoms with Crippen molar-refractivity contribution in [3.63, 3.8) is 0 Å². The predicted octanol–water partition coefficient (Wildman–Crippen LogP) is 0.760. The zero-order valence-electron chi connectivity index (χ0n) is 10.7. The van der Waals surface area contributed by atoms with Gasteiger partial charge in [-0.05, 0) is 6.42 Å². The van der Waals surface area contributed by atoms with E-state index in [0.717, 1.165) is 17.1 Å². The van der Waals surface area contributed by atoms with Crippen molar-refractivity contribution in [3.05, 3.63) is 0 Å². The number of carboxylic acids is 1. The van der Waals surface area contributed by atoms with Crippen molar-refractivity contribution in [2.45, 2.75) is 33.1 Å². The molecular weight excluding hydrogens is 244 g/mol. The van der Waals surface area contributed by atoms with Crippen molar-refractivity contribution < 1.29 is 18.3 Å². The van der Waals surface area contributed by atoms with Crippen LogP contribution in [0.1, 0.15) is 33.1 Å². The maximum atomic E-state index is 12.0. The molecule has 0 radical (unpaired) electrons. The molecule has 0 rings (SSSR count). The molecule has 0 saturated heterocycles. The van der Waals surface area contributed by atoms with Gasteiger partial charge in [-0.3, -0.25) is 4.79 Å². The van der Waals surface area contributed by atoms with Gasteiger partial charge in [-0.25, -0.2) is 0 Å². The van der Waals surface area contributed by atoms with Gasteiger partial charge < -0.3 is 5.11 Å². The van der Waals surface area contributed by atoms with Crippen LogP contribution in [0.4, 0.5) is 0 Å². The molecule has 0 aliphatic rings. The minimum atomic E-state index is -3.52. The molecule has 0 unspecified atom stereocenters. The average Bonchev–Trinajstić information content (AvgIpc) is 2.26. The van der Waals surface area contributed by atoms with E-state index in [9.17, 15) is 13.2 Å². The second-order valence-corrected chi connectivity index (χ2v) is 5.85. The normalized spacial score (nSPS) is 12.3. The fraction of sp³-hybridized carbons (Fsp3) is 0.900. The Hall–Kier alpha value is -0.660. The fourth-order valence-corrected chi connectivity index (χ4v) is 2.74. The highest BCUT2D eigenvalue weighted by Crippen LogP contribution is 2.08. The zero-order valence-corrected chi connectivity index (χ0v) is 11.5. The first-order chi connectivity index (χ1) is 7.86. The number of rotatable bonds is 9. The number of carbonyl (C=O) groups is 1. The molecule has 0 aromatic rings. The van der Waals surface area contributed by atoms with Gasteiger partial charge in [0.05, 0.1) is 6.42 Å². The number of aliphatic carboxylic acids is 1. The van der Waals surface area contributed by atoms with Crippen LogP contribution in [0, 0.1) is 0 Å². The van der Waals surface area contributed by atoms with Gasteiger partial charge in [-0.2, -0.15) is 17.0 Å². The molecule has 0 spiro atoms. The third-order valence-corrected chi connectivity index (χ3v) is 4.54. The van der Waals surface area contributed by atoms with Gasteiger partial charge in [-0.1, -0.05) is 20.3 Å². The first-order valence-corrected chi connectivity index (χ1v) is 7.19. The molecule has 0 aliphatic carbocycles. The minimum Gasteiger partial charge on any atom is -0.481 e. The maximum absolute atomic E-state index is 12.0. The van der Waals surface area contributed by atoms with Crippen LogP contribution in [0.25, 0.3) is 0 Å². The largest absolute Gasteiger partial charge is 0.481 e. The number of nitrogens with zero attached hydrogens (tertiary/aromatic N) is 2. The first-order valence-electron chi connectivity index (χ1n) is 5.79. The Morgan fingerprint density at radius 1 is 1.24 bits per heavy atom.